The molecule has 1 N–H and O–H groups in total. The van der Waals surface area contributed by atoms with Crippen LogP contribution in [0.15, 0.2) is 0 Å². The summed E-state index contributed by atoms with van der Waals surface area (Å²) < 4.78 is 0. The highest BCUT2D eigenvalue weighted by atomic mass is 32.2. The summed E-state index contributed by atoms with van der Waals surface area (Å²) in [5.41, 5.74) is 0. The monoisotopic (exact) mass is 258 g/mol. The molecule has 2 nitrogen and oxygen atoms in total. The van der Waals surface area contributed by atoms with E-state index in [0.717, 1.165) is 30.9 Å². The summed E-state index contributed by atoms with van der Waals surface area (Å²) in [6, 6.07) is 0. The van der Waals surface area contributed by atoms with Gasteiger partial charge in [0.1, 0.15) is 0 Å². The van der Waals surface area contributed by atoms with Crippen LogP contribution in [0.5, 0.6) is 0 Å². The van der Waals surface area contributed by atoms with E-state index in [2.05, 4.69) is 20.8 Å². The number of thioether (sulfide) groups is 1. The second-order valence-corrected chi connectivity index (χ2v) is 6.95. The molecule has 3 unspecified atom stereocenters. The van der Waals surface area contributed by atoms with Crippen molar-refractivity contribution < 1.29 is 9.90 Å². The molecule has 100 valence electrons. The minimum absolute atomic E-state index is 0.105. The van der Waals surface area contributed by atoms with E-state index in [4.69, 9.17) is 0 Å². The molecular weight excluding hydrogens is 232 g/mol. The Hall–Kier alpha value is -0.180. The van der Waals surface area contributed by atoms with Crippen molar-refractivity contribution in [3.63, 3.8) is 0 Å². The normalized spacial score (nSPS) is 29.5. The van der Waals surface area contributed by atoms with E-state index in [9.17, 15) is 9.90 Å². The molecule has 0 aromatic carbocycles. The maximum absolute atomic E-state index is 11.3. The predicted octanol–water partition coefficient (Wildman–Crippen LogP) is 4.05. The Morgan fingerprint density at radius 1 is 1.41 bits per heavy atom. The van der Waals surface area contributed by atoms with Crippen LogP contribution in [0.1, 0.15) is 52.9 Å². The molecule has 0 amide bonds. The lowest BCUT2D eigenvalue weighted by atomic mass is 9.80. The number of hydrogen-bond acceptors (Lipinski definition) is 2. The van der Waals surface area contributed by atoms with Crippen molar-refractivity contribution in [3.05, 3.63) is 0 Å². The van der Waals surface area contributed by atoms with Crippen LogP contribution in [0, 0.1) is 17.8 Å². The first-order chi connectivity index (χ1) is 8.04. The zero-order valence-corrected chi connectivity index (χ0v) is 12.1. The summed E-state index contributed by atoms with van der Waals surface area (Å²) in [7, 11) is 0. The summed E-state index contributed by atoms with van der Waals surface area (Å²) in [4.78, 5) is 11.3. The largest absolute Gasteiger partial charge is 0.481 e. The van der Waals surface area contributed by atoms with Gasteiger partial charge < -0.3 is 5.11 Å². The summed E-state index contributed by atoms with van der Waals surface area (Å²) >= 11 is 1.89. The Balaban J connectivity index is 2.53. The molecule has 17 heavy (non-hydrogen) atoms. The average molecular weight is 258 g/mol. The van der Waals surface area contributed by atoms with Crippen molar-refractivity contribution in [2.24, 2.45) is 17.8 Å². The fraction of sp³-hybridized carbons (Fsp3) is 0.929. The minimum atomic E-state index is -0.582. The fourth-order valence-corrected chi connectivity index (χ4v) is 4.19. The van der Waals surface area contributed by atoms with Crippen LogP contribution in [0.25, 0.3) is 0 Å². The molecule has 1 rings (SSSR count). The molecule has 0 radical (unpaired) electrons. The highest BCUT2D eigenvalue weighted by molar-refractivity contribution is 7.99. The first-order valence-corrected chi connectivity index (χ1v) is 7.93. The number of aliphatic carboxylic acids is 1. The van der Waals surface area contributed by atoms with E-state index in [1.165, 1.54) is 12.8 Å². The topological polar surface area (TPSA) is 37.3 Å². The van der Waals surface area contributed by atoms with E-state index in [-0.39, 0.29) is 5.92 Å². The van der Waals surface area contributed by atoms with Crippen molar-refractivity contribution >= 4 is 17.7 Å². The van der Waals surface area contributed by atoms with Gasteiger partial charge in [0.25, 0.3) is 0 Å². The lowest BCUT2D eigenvalue weighted by Gasteiger charge is -2.34. The first-order valence-electron chi connectivity index (χ1n) is 6.89. The van der Waals surface area contributed by atoms with E-state index in [0.29, 0.717) is 11.2 Å². The lowest BCUT2D eigenvalue weighted by Crippen LogP contribution is -2.33. The fourth-order valence-electron chi connectivity index (χ4n) is 2.66. The molecule has 0 aromatic rings. The Kier molecular flexibility index (Phi) is 6.39. The molecule has 1 aliphatic rings. The molecule has 0 spiro atoms. The van der Waals surface area contributed by atoms with Gasteiger partial charge in [0.15, 0.2) is 0 Å². The molecule has 0 heterocycles. The van der Waals surface area contributed by atoms with E-state index < -0.39 is 5.97 Å². The highest BCUT2D eigenvalue weighted by Gasteiger charge is 2.34. The molecule has 3 atom stereocenters. The molecule has 1 aliphatic carbocycles. The Morgan fingerprint density at radius 3 is 2.65 bits per heavy atom. The van der Waals surface area contributed by atoms with Gasteiger partial charge in [0.2, 0.25) is 0 Å². The van der Waals surface area contributed by atoms with Crippen LogP contribution < -0.4 is 0 Å². The highest BCUT2D eigenvalue weighted by Crippen LogP contribution is 2.39. The Morgan fingerprint density at radius 2 is 2.12 bits per heavy atom. The van der Waals surface area contributed by atoms with Gasteiger partial charge in [-0.15, -0.1) is 0 Å². The zero-order valence-electron chi connectivity index (χ0n) is 11.3. The summed E-state index contributed by atoms with van der Waals surface area (Å²) in [6.07, 6.45) is 5.61. The molecule has 0 saturated heterocycles. The molecule has 0 aromatic heterocycles. The maximum Gasteiger partial charge on any atom is 0.307 e. The molecule has 0 aliphatic heterocycles. The predicted molar refractivity (Wildman–Crippen MR) is 74.5 cm³/mol. The summed E-state index contributed by atoms with van der Waals surface area (Å²) in [5, 5.41) is 9.62. The van der Waals surface area contributed by atoms with Crippen molar-refractivity contribution in [3.8, 4) is 0 Å². The van der Waals surface area contributed by atoms with E-state index in [1.54, 1.807) is 0 Å². The Bertz CT molecular complexity index is 240. The van der Waals surface area contributed by atoms with E-state index >= 15 is 0 Å². The summed E-state index contributed by atoms with van der Waals surface area (Å²) in [6.45, 7) is 6.63. The van der Waals surface area contributed by atoms with Gasteiger partial charge in [0.05, 0.1) is 5.92 Å². The third-order valence-electron chi connectivity index (χ3n) is 3.56. The number of carbonyl (C=O) groups is 1. The molecule has 3 heteroatoms. The van der Waals surface area contributed by atoms with Crippen LogP contribution >= 0.6 is 11.8 Å². The maximum atomic E-state index is 11.3. The SMILES string of the molecule is CCCC1CCC(C(=O)O)C(SCC(C)C)C1. The third-order valence-corrected chi connectivity index (χ3v) is 5.37. The zero-order chi connectivity index (χ0) is 12.8. The lowest BCUT2D eigenvalue weighted by molar-refractivity contribution is -0.142. The van der Waals surface area contributed by atoms with Gasteiger partial charge in [-0.3, -0.25) is 4.79 Å². The van der Waals surface area contributed by atoms with Crippen LogP contribution in [0.3, 0.4) is 0 Å². The quantitative estimate of drug-likeness (QED) is 0.781. The van der Waals surface area contributed by atoms with Crippen LogP contribution in [-0.2, 0) is 4.79 Å². The molecule has 1 fully saturated rings. The number of carboxylic acid groups (broad SMARTS) is 1. The van der Waals surface area contributed by atoms with Gasteiger partial charge in [-0.25, -0.2) is 0 Å². The van der Waals surface area contributed by atoms with Crippen molar-refractivity contribution in [1.29, 1.82) is 0 Å². The molecule has 1 saturated carbocycles. The van der Waals surface area contributed by atoms with Gasteiger partial charge in [-0.05, 0) is 36.9 Å². The first kappa shape index (κ1) is 14.9. The van der Waals surface area contributed by atoms with Gasteiger partial charge >= 0.3 is 5.97 Å². The number of carboxylic acids is 1. The second kappa shape index (κ2) is 7.30. The van der Waals surface area contributed by atoms with Crippen LogP contribution in [-0.4, -0.2) is 22.1 Å². The summed E-state index contributed by atoms with van der Waals surface area (Å²) in [5.74, 6) is 1.82. The van der Waals surface area contributed by atoms with Crippen molar-refractivity contribution in [2.45, 2.75) is 58.1 Å². The number of hydrogen-bond donors (Lipinski definition) is 1. The van der Waals surface area contributed by atoms with Gasteiger partial charge in [-0.2, -0.15) is 11.8 Å². The average Bonchev–Trinajstić information content (AvgIpc) is 2.26. The smallest absolute Gasteiger partial charge is 0.307 e. The minimum Gasteiger partial charge on any atom is -0.481 e. The van der Waals surface area contributed by atoms with Crippen molar-refractivity contribution in [2.75, 3.05) is 5.75 Å². The Labute approximate surface area is 110 Å². The van der Waals surface area contributed by atoms with Gasteiger partial charge in [-0.1, -0.05) is 33.6 Å². The third kappa shape index (κ3) is 4.90. The molecular formula is C14H26O2S. The van der Waals surface area contributed by atoms with Crippen molar-refractivity contribution in [1.82, 2.24) is 0 Å². The molecule has 0 bridgehead atoms. The number of rotatable bonds is 6. The van der Waals surface area contributed by atoms with Gasteiger partial charge in [0, 0.05) is 5.25 Å². The van der Waals surface area contributed by atoms with Crippen LogP contribution in [0.2, 0.25) is 0 Å². The second-order valence-electron chi connectivity index (χ2n) is 5.68. The standard InChI is InChI=1S/C14H26O2S/c1-4-5-11-6-7-12(14(15)16)13(8-11)17-9-10(2)3/h10-13H,4-9H2,1-3H3,(H,15,16). The van der Waals surface area contributed by atoms with E-state index in [1.807, 2.05) is 11.8 Å². The van der Waals surface area contributed by atoms with Crippen LogP contribution in [0.4, 0.5) is 0 Å².